The van der Waals surface area contributed by atoms with Crippen LogP contribution in [0.5, 0.6) is 5.88 Å². The van der Waals surface area contributed by atoms with Gasteiger partial charge in [0.15, 0.2) is 0 Å². The van der Waals surface area contributed by atoms with Gasteiger partial charge < -0.3 is 15.8 Å². The Kier molecular flexibility index (Phi) is 5.28. The first-order valence-corrected chi connectivity index (χ1v) is 5.33. The third-order valence-corrected chi connectivity index (χ3v) is 1.81. The highest BCUT2D eigenvalue weighted by atomic mass is 16.5. The fourth-order valence-corrected chi connectivity index (χ4v) is 1.20. The van der Waals surface area contributed by atoms with Crippen molar-refractivity contribution in [2.75, 3.05) is 25.0 Å². The largest absolute Gasteiger partial charge is 0.478 e. The molecule has 0 fully saturated rings. The third kappa shape index (κ3) is 4.27. The predicted molar refractivity (Wildman–Crippen MR) is 64.6 cm³/mol. The van der Waals surface area contributed by atoms with Crippen LogP contribution in [0, 0.1) is 6.92 Å². The summed E-state index contributed by atoms with van der Waals surface area (Å²) in [6.07, 6.45) is 3.85. The Balaban J connectivity index is 2.61. The zero-order chi connectivity index (χ0) is 11.8. The Labute approximate surface area is 95.7 Å². The second-order valence-electron chi connectivity index (χ2n) is 3.16. The standard InChI is InChI=1S/C11H18N4O/c1-3-16-11-8-10(14-9(2)15-11)13-7-5-4-6-12/h4-5,8H,3,6-7,12H2,1-2H3,(H,13,14,15)/b5-4+. The summed E-state index contributed by atoms with van der Waals surface area (Å²) >= 11 is 0. The summed E-state index contributed by atoms with van der Waals surface area (Å²) in [7, 11) is 0. The Bertz CT molecular complexity index is 352. The average Bonchev–Trinajstić information content (AvgIpc) is 2.24. The van der Waals surface area contributed by atoms with Gasteiger partial charge in [-0.15, -0.1) is 0 Å². The first kappa shape index (κ1) is 12.4. The van der Waals surface area contributed by atoms with Crippen molar-refractivity contribution in [3.8, 4) is 5.88 Å². The van der Waals surface area contributed by atoms with Crippen LogP contribution in [-0.2, 0) is 0 Å². The maximum absolute atomic E-state index is 5.34. The van der Waals surface area contributed by atoms with Crippen LogP contribution in [0.2, 0.25) is 0 Å². The van der Waals surface area contributed by atoms with E-state index in [9.17, 15) is 0 Å². The molecule has 1 rings (SSSR count). The fourth-order valence-electron chi connectivity index (χ4n) is 1.20. The van der Waals surface area contributed by atoms with Crippen LogP contribution in [0.3, 0.4) is 0 Å². The molecule has 16 heavy (non-hydrogen) atoms. The van der Waals surface area contributed by atoms with E-state index in [1.165, 1.54) is 0 Å². The molecule has 1 aromatic rings. The maximum Gasteiger partial charge on any atom is 0.218 e. The van der Waals surface area contributed by atoms with Gasteiger partial charge in [-0.2, -0.15) is 4.98 Å². The normalized spacial score (nSPS) is 10.7. The fraction of sp³-hybridized carbons (Fsp3) is 0.455. The molecular formula is C11H18N4O. The van der Waals surface area contributed by atoms with Gasteiger partial charge in [0.2, 0.25) is 5.88 Å². The van der Waals surface area contributed by atoms with E-state index in [0.29, 0.717) is 31.4 Å². The Morgan fingerprint density at radius 1 is 1.44 bits per heavy atom. The summed E-state index contributed by atoms with van der Waals surface area (Å²) in [5.41, 5.74) is 5.34. The van der Waals surface area contributed by atoms with Crippen molar-refractivity contribution >= 4 is 5.82 Å². The third-order valence-electron chi connectivity index (χ3n) is 1.81. The predicted octanol–water partition coefficient (Wildman–Crippen LogP) is 1.11. The van der Waals surface area contributed by atoms with Crippen LogP contribution < -0.4 is 15.8 Å². The highest BCUT2D eigenvalue weighted by Gasteiger charge is 2.00. The lowest BCUT2D eigenvalue weighted by atomic mass is 10.4. The quantitative estimate of drug-likeness (QED) is 0.705. The topological polar surface area (TPSA) is 73.1 Å². The van der Waals surface area contributed by atoms with Crippen LogP contribution in [0.25, 0.3) is 0 Å². The molecule has 0 aliphatic heterocycles. The lowest BCUT2D eigenvalue weighted by Gasteiger charge is -2.07. The van der Waals surface area contributed by atoms with Gasteiger partial charge in [0.05, 0.1) is 6.61 Å². The monoisotopic (exact) mass is 222 g/mol. The van der Waals surface area contributed by atoms with Gasteiger partial charge in [-0.25, -0.2) is 4.98 Å². The van der Waals surface area contributed by atoms with Crippen LogP contribution in [0.15, 0.2) is 18.2 Å². The van der Waals surface area contributed by atoms with E-state index in [2.05, 4.69) is 15.3 Å². The van der Waals surface area contributed by atoms with Crippen LogP contribution in [0.1, 0.15) is 12.7 Å². The number of nitrogens with two attached hydrogens (primary N) is 1. The summed E-state index contributed by atoms with van der Waals surface area (Å²) in [5, 5.41) is 3.15. The number of aromatic nitrogens is 2. The average molecular weight is 222 g/mol. The second-order valence-corrected chi connectivity index (χ2v) is 3.16. The molecule has 5 nitrogen and oxygen atoms in total. The molecule has 3 N–H and O–H groups in total. The molecule has 0 atom stereocenters. The lowest BCUT2D eigenvalue weighted by Crippen LogP contribution is -2.05. The van der Waals surface area contributed by atoms with Gasteiger partial charge in [0.1, 0.15) is 11.6 Å². The Morgan fingerprint density at radius 3 is 2.94 bits per heavy atom. The highest BCUT2D eigenvalue weighted by Crippen LogP contribution is 2.12. The Hall–Kier alpha value is -1.62. The number of ether oxygens (including phenoxy) is 1. The highest BCUT2D eigenvalue weighted by molar-refractivity contribution is 5.38. The number of nitrogens with one attached hydrogen (secondary N) is 1. The van der Waals surface area contributed by atoms with E-state index in [0.717, 1.165) is 5.82 Å². The summed E-state index contributed by atoms with van der Waals surface area (Å²) in [6, 6.07) is 1.78. The molecule has 0 spiro atoms. The van der Waals surface area contributed by atoms with Crippen LogP contribution >= 0.6 is 0 Å². The van der Waals surface area contributed by atoms with Crippen molar-refractivity contribution in [2.24, 2.45) is 5.73 Å². The number of anilines is 1. The molecule has 0 saturated heterocycles. The first-order chi connectivity index (χ1) is 7.76. The summed E-state index contributed by atoms with van der Waals surface area (Å²) < 4.78 is 5.33. The van der Waals surface area contributed by atoms with Crippen LogP contribution in [0.4, 0.5) is 5.82 Å². The zero-order valence-corrected chi connectivity index (χ0v) is 9.73. The molecule has 0 aromatic carbocycles. The molecule has 1 aromatic heterocycles. The van der Waals surface area contributed by atoms with Crippen molar-refractivity contribution in [2.45, 2.75) is 13.8 Å². The van der Waals surface area contributed by atoms with E-state index in [1.807, 2.05) is 26.0 Å². The molecular weight excluding hydrogens is 204 g/mol. The van der Waals surface area contributed by atoms with Crippen molar-refractivity contribution in [1.29, 1.82) is 0 Å². The van der Waals surface area contributed by atoms with E-state index in [-0.39, 0.29) is 0 Å². The number of hydrogen-bond donors (Lipinski definition) is 2. The van der Waals surface area contributed by atoms with E-state index < -0.39 is 0 Å². The molecule has 88 valence electrons. The van der Waals surface area contributed by atoms with E-state index in [1.54, 1.807) is 6.07 Å². The number of hydrogen-bond acceptors (Lipinski definition) is 5. The number of aryl methyl sites for hydroxylation is 1. The minimum Gasteiger partial charge on any atom is -0.478 e. The SMILES string of the molecule is CCOc1cc(NC/C=C/CN)nc(C)n1. The maximum atomic E-state index is 5.34. The zero-order valence-electron chi connectivity index (χ0n) is 9.73. The van der Waals surface area contributed by atoms with Gasteiger partial charge in [-0.05, 0) is 13.8 Å². The summed E-state index contributed by atoms with van der Waals surface area (Å²) in [4.78, 5) is 8.40. The summed E-state index contributed by atoms with van der Waals surface area (Å²) in [5.74, 6) is 2.05. The summed E-state index contributed by atoms with van der Waals surface area (Å²) in [6.45, 7) is 5.61. The van der Waals surface area contributed by atoms with Crippen molar-refractivity contribution in [3.05, 3.63) is 24.0 Å². The second kappa shape index (κ2) is 6.79. The minimum atomic E-state index is 0.550. The first-order valence-electron chi connectivity index (χ1n) is 5.33. The Morgan fingerprint density at radius 2 is 2.25 bits per heavy atom. The number of rotatable bonds is 6. The molecule has 0 aliphatic carbocycles. The lowest BCUT2D eigenvalue weighted by molar-refractivity contribution is 0.325. The van der Waals surface area contributed by atoms with Gasteiger partial charge in [0.25, 0.3) is 0 Å². The minimum absolute atomic E-state index is 0.550. The van der Waals surface area contributed by atoms with Crippen LogP contribution in [-0.4, -0.2) is 29.7 Å². The molecule has 0 bridgehead atoms. The molecule has 0 radical (unpaired) electrons. The van der Waals surface area contributed by atoms with Gasteiger partial charge in [-0.1, -0.05) is 12.2 Å². The molecule has 1 heterocycles. The molecule has 0 saturated carbocycles. The van der Waals surface area contributed by atoms with E-state index >= 15 is 0 Å². The smallest absolute Gasteiger partial charge is 0.218 e. The van der Waals surface area contributed by atoms with Gasteiger partial charge >= 0.3 is 0 Å². The number of nitrogens with zero attached hydrogens (tertiary/aromatic N) is 2. The molecule has 0 aliphatic rings. The molecule has 0 unspecified atom stereocenters. The van der Waals surface area contributed by atoms with Crippen molar-refractivity contribution in [3.63, 3.8) is 0 Å². The molecule has 5 heteroatoms. The van der Waals surface area contributed by atoms with E-state index in [4.69, 9.17) is 10.5 Å². The van der Waals surface area contributed by atoms with Gasteiger partial charge in [-0.3, -0.25) is 0 Å². The van der Waals surface area contributed by atoms with Crippen molar-refractivity contribution in [1.82, 2.24) is 9.97 Å². The molecule has 0 amide bonds. The van der Waals surface area contributed by atoms with Crippen molar-refractivity contribution < 1.29 is 4.74 Å². The van der Waals surface area contributed by atoms with Gasteiger partial charge in [0, 0.05) is 19.2 Å².